The van der Waals surface area contributed by atoms with Crippen molar-refractivity contribution >= 4 is 11.9 Å². The average molecular weight is 708 g/mol. The van der Waals surface area contributed by atoms with Gasteiger partial charge in [0.1, 0.15) is 12.2 Å². The van der Waals surface area contributed by atoms with Gasteiger partial charge < -0.3 is 55.0 Å². The first-order valence-electron chi connectivity index (χ1n) is 17.5. The maximum absolute atomic E-state index is 12.6. The van der Waals surface area contributed by atoms with Gasteiger partial charge in [-0.05, 0) is 46.6 Å². The summed E-state index contributed by atoms with van der Waals surface area (Å²) in [4.78, 5) is 24.9. The summed E-state index contributed by atoms with van der Waals surface area (Å²) in [5.74, 6) is -5.32. The average Bonchev–Trinajstić information content (AvgIpc) is 3.03. The molecule has 0 aliphatic carbocycles. The van der Waals surface area contributed by atoms with Crippen LogP contribution in [0.1, 0.15) is 73.1 Å². The standard InChI is InChI=1S/C37H57NO12/c1-6-36-21-28(49-35-33(42)31(25(4)38)32(41)26(5)48-35)15-13-11-9-7-8-10-12-14-24(3)47-30(40)17-16-23(2)46-22-27(39)20-37(45,50-36)19-18-29(36)34(43)44/h7-13,15-17,23-29,31-33,35,39,41-42,45H,6,14,18-22,38H2,1-5H3,(H,43,44). The summed E-state index contributed by atoms with van der Waals surface area (Å²) in [6, 6.07) is -0.583. The molecule has 2 bridgehead atoms. The molecule has 0 radical (unpaired) electrons. The van der Waals surface area contributed by atoms with Gasteiger partial charge in [0, 0.05) is 43.7 Å². The normalized spacial score (nSPS) is 40.5. The zero-order chi connectivity index (χ0) is 37.1. The van der Waals surface area contributed by atoms with Crippen LogP contribution in [0.5, 0.6) is 0 Å². The van der Waals surface area contributed by atoms with Gasteiger partial charge in [-0.25, -0.2) is 4.79 Å². The van der Waals surface area contributed by atoms with Gasteiger partial charge in [-0.3, -0.25) is 4.79 Å². The summed E-state index contributed by atoms with van der Waals surface area (Å²) in [5, 5.41) is 54.8. The second-order valence-electron chi connectivity index (χ2n) is 13.7. The van der Waals surface area contributed by atoms with Crippen molar-refractivity contribution in [2.75, 3.05) is 6.61 Å². The highest BCUT2D eigenvalue weighted by atomic mass is 16.7. The Bertz CT molecular complexity index is 1250. The summed E-state index contributed by atoms with van der Waals surface area (Å²) < 4.78 is 29.7. The summed E-state index contributed by atoms with van der Waals surface area (Å²) in [5.41, 5.74) is 4.66. The highest BCUT2D eigenvalue weighted by molar-refractivity contribution is 5.82. The fraction of sp³-hybridized carbons (Fsp3) is 0.676. The molecule has 13 atom stereocenters. The molecular formula is C37H57NO12. The van der Waals surface area contributed by atoms with E-state index in [1.807, 2.05) is 18.2 Å². The number of fused-ring (bicyclic) bond motifs is 2. The minimum Gasteiger partial charge on any atom is -0.481 e. The molecule has 0 saturated carbocycles. The van der Waals surface area contributed by atoms with Crippen LogP contribution < -0.4 is 5.73 Å². The van der Waals surface area contributed by atoms with Gasteiger partial charge >= 0.3 is 11.9 Å². The molecule has 0 aromatic heterocycles. The van der Waals surface area contributed by atoms with E-state index < -0.39 is 84.1 Å². The molecule has 0 amide bonds. The van der Waals surface area contributed by atoms with Gasteiger partial charge in [0.2, 0.25) is 0 Å². The number of carboxylic acid groups (broad SMARTS) is 1. The van der Waals surface area contributed by atoms with Crippen LogP contribution in [0.2, 0.25) is 0 Å². The van der Waals surface area contributed by atoms with Crippen molar-refractivity contribution in [1.29, 1.82) is 0 Å². The Morgan fingerprint density at radius 2 is 1.72 bits per heavy atom. The van der Waals surface area contributed by atoms with Crippen molar-refractivity contribution in [3.8, 4) is 0 Å². The number of rotatable bonds is 5. The molecule has 7 N–H and O–H groups in total. The molecule has 13 unspecified atom stereocenters. The van der Waals surface area contributed by atoms with Crippen molar-refractivity contribution in [3.63, 3.8) is 0 Å². The summed E-state index contributed by atoms with van der Waals surface area (Å²) in [6.45, 7) is 8.37. The van der Waals surface area contributed by atoms with Crippen LogP contribution in [0.25, 0.3) is 0 Å². The van der Waals surface area contributed by atoms with Crippen LogP contribution in [0, 0.1) is 11.8 Å². The van der Waals surface area contributed by atoms with E-state index in [0.717, 1.165) is 0 Å². The summed E-state index contributed by atoms with van der Waals surface area (Å²) in [7, 11) is 0. The third-order valence-corrected chi connectivity index (χ3v) is 9.52. The number of carbonyl (C=O) groups is 2. The van der Waals surface area contributed by atoms with Gasteiger partial charge in [0.05, 0.1) is 48.6 Å². The molecule has 282 valence electrons. The Kier molecular flexibility index (Phi) is 16.0. The van der Waals surface area contributed by atoms with E-state index in [4.69, 9.17) is 29.4 Å². The van der Waals surface area contributed by atoms with E-state index in [1.165, 1.54) is 12.2 Å². The van der Waals surface area contributed by atoms with Gasteiger partial charge in [-0.2, -0.15) is 0 Å². The number of hydrogen-bond donors (Lipinski definition) is 6. The molecule has 13 nitrogen and oxygen atoms in total. The minimum atomic E-state index is -1.90. The number of cyclic esters (lactones) is 1. The Hall–Kier alpha value is -2.72. The van der Waals surface area contributed by atoms with Crippen LogP contribution in [0.15, 0.2) is 60.8 Å². The van der Waals surface area contributed by atoms with E-state index in [1.54, 1.807) is 65.0 Å². The van der Waals surface area contributed by atoms with Crippen molar-refractivity contribution in [2.24, 2.45) is 17.6 Å². The third-order valence-electron chi connectivity index (χ3n) is 9.52. The zero-order valence-corrected chi connectivity index (χ0v) is 29.7. The van der Waals surface area contributed by atoms with E-state index in [2.05, 4.69) is 0 Å². The van der Waals surface area contributed by atoms with Crippen LogP contribution in [-0.4, -0.2) is 111 Å². The second kappa shape index (κ2) is 19.2. The molecule has 50 heavy (non-hydrogen) atoms. The Labute approximate surface area is 295 Å². The molecule has 2 saturated heterocycles. The summed E-state index contributed by atoms with van der Waals surface area (Å²) in [6.07, 6.45) is 10.1. The highest BCUT2D eigenvalue weighted by Gasteiger charge is 2.54. The topological polar surface area (TPSA) is 207 Å². The number of carbonyl (C=O) groups excluding carboxylic acids is 1. The molecular weight excluding hydrogens is 650 g/mol. The Balaban J connectivity index is 1.98. The number of aliphatic hydroxyl groups is 4. The van der Waals surface area contributed by atoms with E-state index in [-0.39, 0.29) is 44.8 Å². The minimum absolute atomic E-state index is 0.0525. The van der Waals surface area contributed by atoms with E-state index in [0.29, 0.717) is 6.42 Å². The largest absolute Gasteiger partial charge is 0.481 e. The van der Waals surface area contributed by atoms with Gasteiger partial charge in [0.25, 0.3) is 0 Å². The number of carboxylic acids is 1. The monoisotopic (exact) mass is 707 g/mol. The number of aliphatic carboxylic acids is 1. The van der Waals surface area contributed by atoms with Gasteiger partial charge in [-0.1, -0.05) is 55.5 Å². The number of aliphatic hydroxyl groups excluding tert-OH is 3. The van der Waals surface area contributed by atoms with Crippen molar-refractivity contribution in [1.82, 2.24) is 0 Å². The van der Waals surface area contributed by atoms with Crippen molar-refractivity contribution < 1.29 is 58.8 Å². The van der Waals surface area contributed by atoms with Crippen LogP contribution in [0.3, 0.4) is 0 Å². The molecule has 2 fully saturated rings. The van der Waals surface area contributed by atoms with Crippen LogP contribution in [-0.2, 0) is 33.3 Å². The molecule has 0 aromatic rings. The zero-order valence-electron chi connectivity index (χ0n) is 29.7. The lowest BCUT2D eigenvalue weighted by molar-refractivity contribution is -0.329. The SMILES string of the molecule is CCC12CC(OC3OC(C)C(O)C(C(C)N)C3O)C=CC=CC=CC=CCC(C)OC(=O)C=CC(C)OCC(O)CC(O)(CCC1C(=O)O)O2. The Morgan fingerprint density at radius 1 is 1.04 bits per heavy atom. The number of ether oxygens (including phenoxy) is 5. The predicted molar refractivity (Wildman–Crippen MR) is 184 cm³/mol. The van der Waals surface area contributed by atoms with Gasteiger partial charge in [0.15, 0.2) is 12.1 Å². The lowest BCUT2D eigenvalue weighted by Gasteiger charge is -2.50. The number of allylic oxidation sites excluding steroid dienone is 6. The predicted octanol–water partition coefficient (Wildman–Crippen LogP) is 2.81. The molecule has 13 heteroatoms. The first-order valence-corrected chi connectivity index (χ1v) is 17.5. The lowest BCUT2D eigenvalue weighted by atomic mass is 9.74. The number of esters is 1. The quantitative estimate of drug-likeness (QED) is 0.228. The second-order valence-corrected chi connectivity index (χ2v) is 13.7. The molecule has 0 spiro atoms. The molecule has 3 heterocycles. The maximum atomic E-state index is 12.6. The van der Waals surface area contributed by atoms with Crippen molar-refractivity contribution in [3.05, 3.63) is 60.8 Å². The van der Waals surface area contributed by atoms with Crippen molar-refractivity contribution in [2.45, 2.75) is 140 Å². The fourth-order valence-electron chi connectivity index (χ4n) is 6.79. The molecule has 3 aliphatic rings. The van der Waals surface area contributed by atoms with E-state index >= 15 is 0 Å². The highest BCUT2D eigenvalue weighted by Crippen LogP contribution is 2.46. The molecule has 3 rings (SSSR count). The molecule has 0 aromatic carbocycles. The third kappa shape index (κ3) is 11.9. The Morgan fingerprint density at radius 3 is 2.38 bits per heavy atom. The van der Waals surface area contributed by atoms with E-state index in [9.17, 15) is 35.1 Å². The lowest BCUT2D eigenvalue weighted by Crippen LogP contribution is -2.60. The fourth-order valence-corrected chi connectivity index (χ4v) is 6.79. The number of nitrogens with two attached hydrogens (primary N) is 1. The first kappa shape index (κ1) is 41.7. The van der Waals surface area contributed by atoms with Crippen LogP contribution in [0.4, 0.5) is 0 Å². The van der Waals surface area contributed by atoms with Crippen LogP contribution >= 0.6 is 0 Å². The van der Waals surface area contributed by atoms with Gasteiger partial charge in [-0.15, -0.1) is 0 Å². The summed E-state index contributed by atoms with van der Waals surface area (Å²) >= 11 is 0. The molecule has 3 aliphatic heterocycles. The maximum Gasteiger partial charge on any atom is 0.330 e. The smallest absolute Gasteiger partial charge is 0.330 e. The number of hydrogen-bond acceptors (Lipinski definition) is 12. The first-order chi connectivity index (χ1) is 23.6.